The zero-order chi connectivity index (χ0) is 22.7. The number of carbonyl (C=O) groups excluding carboxylic acids is 1. The fourth-order valence-corrected chi connectivity index (χ4v) is 5.40. The molecule has 4 unspecified atom stereocenters. The molecular formula is C27H35N3O2. The van der Waals surface area contributed by atoms with Crippen molar-refractivity contribution in [3.05, 3.63) is 77.5 Å². The van der Waals surface area contributed by atoms with Gasteiger partial charge in [0, 0.05) is 18.2 Å². The Labute approximate surface area is 191 Å². The molecule has 2 heterocycles. The van der Waals surface area contributed by atoms with Gasteiger partial charge >= 0.3 is 0 Å². The molecule has 0 radical (unpaired) electrons. The Bertz CT molecular complexity index is 944. The average molecular weight is 434 g/mol. The molecule has 32 heavy (non-hydrogen) atoms. The molecule has 2 aliphatic heterocycles. The van der Waals surface area contributed by atoms with Crippen LogP contribution < -0.4 is 10.2 Å². The number of hydrogen-bond acceptors (Lipinski definition) is 4. The molecule has 2 aliphatic rings. The Morgan fingerprint density at radius 2 is 1.75 bits per heavy atom. The monoisotopic (exact) mass is 433 g/mol. The molecule has 1 saturated heterocycles. The summed E-state index contributed by atoms with van der Waals surface area (Å²) in [6.45, 7) is 5.97. The van der Waals surface area contributed by atoms with E-state index in [1.807, 2.05) is 48.2 Å². The number of para-hydroxylation sites is 1. The second-order valence-electron chi connectivity index (χ2n) is 9.23. The number of likely N-dealkylation sites (tertiary alicyclic amines) is 1. The molecule has 4 atom stereocenters. The van der Waals surface area contributed by atoms with E-state index in [1.54, 1.807) is 0 Å². The van der Waals surface area contributed by atoms with Crippen LogP contribution in [0.5, 0.6) is 0 Å². The molecule has 0 saturated carbocycles. The van der Waals surface area contributed by atoms with E-state index < -0.39 is 6.23 Å². The lowest BCUT2D eigenvalue weighted by molar-refractivity contribution is -0.128. The summed E-state index contributed by atoms with van der Waals surface area (Å²) in [5.74, 6) is 0.227. The zero-order valence-electron chi connectivity index (χ0n) is 19.4. The van der Waals surface area contributed by atoms with Gasteiger partial charge in [0.1, 0.15) is 0 Å². The van der Waals surface area contributed by atoms with Crippen molar-refractivity contribution in [3.63, 3.8) is 0 Å². The summed E-state index contributed by atoms with van der Waals surface area (Å²) in [7, 11) is 2.13. The Morgan fingerprint density at radius 3 is 2.41 bits per heavy atom. The fraction of sp³-hybridized carbons (Fsp3) is 0.444. The lowest BCUT2D eigenvalue weighted by atomic mass is 9.81. The van der Waals surface area contributed by atoms with Crippen LogP contribution in [0.25, 0.3) is 0 Å². The van der Waals surface area contributed by atoms with Gasteiger partial charge in [-0.1, -0.05) is 55.5 Å². The van der Waals surface area contributed by atoms with E-state index in [0.29, 0.717) is 5.70 Å². The number of amides is 1. The van der Waals surface area contributed by atoms with Crippen LogP contribution in [0.4, 0.5) is 5.69 Å². The first-order valence-electron chi connectivity index (χ1n) is 11.7. The topological polar surface area (TPSA) is 55.8 Å². The third kappa shape index (κ3) is 4.59. The van der Waals surface area contributed by atoms with E-state index in [1.165, 1.54) is 5.56 Å². The van der Waals surface area contributed by atoms with Crippen molar-refractivity contribution >= 4 is 11.6 Å². The Hall–Kier alpha value is -2.63. The number of benzene rings is 2. The van der Waals surface area contributed by atoms with E-state index in [4.69, 9.17) is 0 Å². The number of carbonyl (C=O) groups is 1. The number of rotatable bonds is 6. The SMILES string of the molecule is CCC1C(C)=C(NC(=O)C2CCN(C)CC2Cc2ccccc2)C(O)N1c1ccccc1. The maximum absolute atomic E-state index is 13.5. The van der Waals surface area contributed by atoms with Crippen molar-refractivity contribution in [1.82, 2.24) is 10.2 Å². The zero-order valence-corrected chi connectivity index (χ0v) is 19.4. The quantitative estimate of drug-likeness (QED) is 0.728. The van der Waals surface area contributed by atoms with Crippen LogP contribution in [0, 0.1) is 11.8 Å². The van der Waals surface area contributed by atoms with Gasteiger partial charge in [-0.05, 0) is 69.0 Å². The minimum Gasteiger partial charge on any atom is -0.368 e. The van der Waals surface area contributed by atoms with Gasteiger partial charge in [-0.15, -0.1) is 0 Å². The average Bonchev–Trinajstić information content (AvgIpc) is 3.04. The van der Waals surface area contributed by atoms with Gasteiger partial charge in [0.25, 0.3) is 0 Å². The first-order valence-corrected chi connectivity index (χ1v) is 11.7. The molecule has 1 amide bonds. The maximum Gasteiger partial charge on any atom is 0.227 e. The summed E-state index contributed by atoms with van der Waals surface area (Å²) >= 11 is 0. The summed E-state index contributed by atoms with van der Waals surface area (Å²) in [6, 6.07) is 20.4. The van der Waals surface area contributed by atoms with Gasteiger partial charge in [-0.25, -0.2) is 0 Å². The number of anilines is 1. The summed E-state index contributed by atoms with van der Waals surface area (Å²) in [5.41, 5.74) is 3.94. The van der Waals surface area contributed by atoms with E-state index in [0.717, 1.165) is 43.6 Å². The van der Waals surface area contributed by atoms with Crippen LogP contribution in [0.2, 0.25) is 0 Å². The molecule has 5 nitrogen and oxygen atoms in total. The van der Waals surface area contributed by atoms with Crippen LogP contribution >= 0.6 is 0 Å². The predicted molar refractivity (Wildman–Crippen MR) is 129 cm³/mol. The van der Waals surface area contributed by atoms with Crippen molar-refractivity contribution in [2.24, 2.45) is 11.8 Å². The van der Waals surface area contributed by atoms with Gasteiger partial charge in [-0.3, -0.25) is 4.79 Å². The van der Waals surface area contributed by atoms with Crippen molar-refractivity contribution in [1.29, 1.82) is 0 Å². The van der Waals surface area contributed by atoms with Gasteiger partial charge in [-0.2, -0.15) is 0 Å². The van der Waals surface area contributed by atoms with E-state index in [2.05, 4.69) is 48.5 Å². The molecular weight excluding hydrogens is 398 g/mol. The fourth-order valence-electron chi connectivity index (χ4n) is 5.40. The van der Waals surface area contributed by atoms with Crippen molar-refractivity contribution in [2.45, 2.75) is 45.4 Å². The first kappa shape index (κ1) is 22.6. The largest absolute Gasteiger partial charge is 0.368 e. The van der Waals surface area contributed by atoms with Gasteiger partial charge in [0.05, 0.1) is 11.7 Å². The van der Waals surface area contributed by atoms with Crippen LogP contribution in [-0.4, -0.2) is 48.3 Å². The number of hydrogen-bond donors (Lipinski definition) is 2. The standard InChI is InChI=1S/C27H35N3O2/c1-4-24-19(2)25(27(32)30(24)22-13-9-6-10-14-22)28-26(31)23-15-16-29(3)18-21(23)17-20-11-7-5-8-12-20/h5-14,21,23-24,27,32H,4,15-18H2,1-3H3,(H,28,31). The predicted octanol–water partition coefficient (Wildman–Crippen LogP) is 3.80. The molecule has 170 valence electrons. The smallest absolute Gasteiger partial charge is 0.227 e. The third-order valence-electron chi connectivity index (χ3n) is 7.10. The highest BCUT2D eigenvalue weighted by Crippen LogP contribution is 2.35. The molecule has 0 aliphatic carbocycles. The Balaban J connectivity index is 1.53. The number of aliphatic hydroxyl groups excluding tert-OH is 1. The summed E-state index contributed by atoms with van der Waals surface area (Å²) < 4.78 is 0. The van der Waals surface area contributed by atoms with E-state index in [-0.39, 0.29) is 23.8 Å². The number of piperidine rings is 1. The number of nitrogens with one attached hydrogen (secondary N) is 1. The molecule has 2 aromatic carbocycles. The minimum absolute atomic E-state index is 0.0391. The molecule has 5 heteroatoms. The molecule has 0 aromatic heterocycles. The molecule has 4 rings (SSSR count). The van der Waals surface area contributed by atoms with Crippen LogP contribution in [-0.2, 0) is 11.2 Å². The Kier molecular flexibility index (Phi) is 6.97. The van der Waals surface area contributed by atoms with Crippen molar-refractivity contribution in [2.75, 3.05) is 25.0 Å². The van der Waals surface area contributed by atoms with Crippen LogP contribution in [0.3, 0.4) is 0 Å². The van der Waals surface area contributed by atoms with Gasteiger partial charge in [0.15, 0.2) is 6.23 Å². The minimum atomic E-state index is -0.842. The molecule has 1 fully saturated rings. The second-order valence-corrected chi connectivity index (χ2v) is 9.23. The molecule has 0 bridgehead atoms. The van der Waals surface area contributed by atoms with Crippen LogP contribution in [0.15, 0.2) is 71.9 Å². The lowest BCUT2D eigenvalue weighted by Crippen LogP contribution is -2.47. The number of nitrogens with zero attached hydrogens (tertiary/aromatic N) is 2. The molecule has 2 aromatic rings. The summed E-state index contributed by atoms with van der Waals surface area (Å²) in [4.78, 5) is 17.8. The van der Waals surface area contributed by atoms with Crippen LogP contribution in [0.1, 0.15) is 32.3 Å². The van der Waals surface area contributed by atoms with E-state index >= 15 is 0 Å². The second kappa shape index (κ2) is 9.88. The first-order chi connectivity index (χ1) is 15.5. The van der Waals surface area contributed by atoms with Crippen molar-refractivity contribution in [3.8, 4) is 0 Å². The normalized spacial score (nSPS) is 26.4. The van der Waals surface area contributed by atoms with Crippen molar-refractivity contribution < 1.29 is 9.90 Å². The van der Waals surface area contributed by atoms with Gasteiger partial charge < -0.3 is 20.2 Å². The third-order valence-corrected chi connectivity index (χ3v) is 7.10. The van der Waals surface area contributed by atoms with Gasteiger partial charge in [0.2, 0.25) is 5.91 Å². The highest BCUT2D eigenvalue weighted by molar-refractivity contribution is 5.82. The highest BCUT2D eigenvalue weighted by Gasteiger charge is 2.40. The van der Waals surface area contributed by atoms with E-state index in [9.17, 15) is 9.90 Å². The maximum atomic E-state index is 13.5. The Morgan fingerprint density at radius 1 is 1.09 bits per heavy atom. The number of aliphatic hydroxyl groups is 1. The summed E-state index contributed by atoms with van der Waals surface area (Å²) in [5, 5.41) is 14.4. The molecule has 0 spiro atoms. The summed E-state index contributed by atoms with van der Waals surface area (Å²) in [6.07, 6.45) is 1.74. The lowest BCUT2D eigenvalue weighted by Gasteiger charge is -2.36. The highest BCUT2D eigenvalue weighted by atomic mass is 16.3. The molecule has 2 N–H and O–H groups in total.